The van der Waals surface area contributed by atoms with Gasteiger partial charge in [-0.05, 0) is 31.8 Å². The molecule has 0 saturated carbocycles. The Bertz CT molecular complexity index is 322. The number of hydrogen-bond donors (Lipinski definition) is 1. The van der Waals surface area contributed by atoms with Crippen LogP contribution in [0.15, 0.2) is 18.5 Å². The average molecular weight is 283 g/mol. The van der Waals surface area contributed by atoms with Crippen LogP contribution in [0.4, 0.5) is 4.39 Å². The molecule has 1 aliphatic heterocycles. The number of rotatable bonds is 3. The molecule has 17 heavy (non-hydrogen) atoms. The molecule has 98 valence electrons. The van der Waals surface area contributed by atoms with Crippen LogP contribution in [0.5, 0.6) is 5.75 Å². The standard InChI is InChI=1S/C11H15FN2O.2ClH/c12-10-7-14-6-3-11(10)15-8-9-1-4-13-5-2-9;;/h3,6-7,9,13H,1-2,4-5,8H2;2*1H. The van der Waals surface area contributed by atoms with Gasteiger partial charge in [0, 0.05) is 12.3 Å². The molecule has 1 aromatic rings. The van der Waals surface area contributed by atoms with E-state index in [1.807, 2.05) is 0 Å². The molecule has 0 radical (unpaired) electrons. The fourth-order valence-electron chi connectivity index (χ4n) is 1.74. The number of halogens is 3. The van der Waals surface area contributed by atoms with Crippen molar-refractivity contribution in [1.29, 1.82) is 0 Å². The molecule has 0 amide bonds. The molecule has 0 spiro atoms. The summed E-state index contributed by atoms with van der Waals surface area (Å²) < 4.78 is 18.6. The summed E-state index contributed by atoms with van der Waals surface area (Å²) in [6.07, 6.45) is 4.93. The largest absolute Gasteiger partial charge is 0.490 e. The molecule has 2 heterocycles. The second kappa shape index (κ2) is 8.50. The maximum atomic E-state index is 13.1. The third-order valence-corrected chi connectivity index (χ3v) is 2.67. The number of aromatic nitrogens is 1. The molecular formula is C11H17Cl2FN2O. The first-order chi connectivity index (χ1) is 7.36. The van der Waals surface area contributed by atoms with E-state index in [-0.39, 0.29) is 30.6 Å². The van der Waals surface area contributed by atoms with Crippen molar-refractivity contribution in [1.82, 2.24) is 10.3 Å². The zero-order chi connectivity index (χ0) is 10.5. The first-order valence-electron chi connectivity index (χ1n) is 5.29. The Labute approximate surface area is 113 Å². The molecule has 2 rings (SSSR count). The van der Waals surface area contributed by atoms with Crippen LogP contribution in [-0.2, 0) is 0 Å². The number of nitrogens with zero attached hydrogens (tertiary/aromatic N) is 1. The molecule has 1 aromatic heterocycles. The van der Waals surface area contributed by atoms with Crippen LogP contribution in [0.25, 0.3) is 0 Å². The van der Waals surface area contributed by atoms with E-state index in [4.69, 9.17) is 4.74 Å². The van der Waals surface area contributed by atoms with Gasteiger partial charge in [-0.2, -0.15) is 0 Å². The third kappa shape index (κ3) is 5.06. The van der Waals surface area contributed by atoms with Gasteiger partial charge in [0.2, 0.25) is 0 Å². The van der Waals surface area contributed by atoms with Crippen molar-refractivity contribution in [2.24, 2.45) is 5.92 Å². The Balaban J connectivity index is 0.00000128. The van der Waals surface area contributed by atoms with Gasteiger partial charge in [-0.25, -0.2) is 4.39 Å². The Hall–Kier alpha value is -0.580. The highest BCUT2D eigenvalue weighted by molar-refractivity contribution is 5.85. The number of hydrogen-bond acceptors (Lipinski definition) is 3. The zero-order valence-electron chi connectivity index (χ0n) is 9.39. The molecule has 0 bridgehead atoms. The maximum Gasteiger partial charge on any atom is 0.183 e. The number of piperidine rings is 1. The predicted octanol–water partition coefficient (Wildman–Crippen LogP) is 2.44. The summed E-state index contributed by atoms with van der Waals surface area (Å²) in [5, 5.41) is 3.28. The molecule has 1 fully saturated rings. The van der Waals surface area contributed by atoms with Gasteiger partial charge in [0.25, 0.3) is 0 Å². The van der Waals surface area contributed by atoms with Crippen LogP contribution in [0.1, 0.15) is 12.8 Å². The molecule has 0 atom stereocenters. The quantitative estimate of drug-likeness (QED) is 0.925. The lowest BCUT2D eigenvalue weighted by Crippen LogP contribution is -2.30. The Morgan fingerprint density at radius 1 is 1.35 bits per heavy atom. The highest BCUT2D eigenvalue weighted by atomic mass is 35.5. The molecule has 1 N–H and O–H groups in total. The van der Waals surface area contributed by atoms with Crippen LogP contribution in [0, 0.1) is 11.7 Å². The van der Waals surface area contributed by atoms with Gasteiger partial charge in [0.1, 0.15) is 0 Å². The monoisotopic (exact) mass is 282 g/mol. The molecule has 1 saturated heterocycles. The van der Waals surface area contributed by atoms with Gasteiger partial charge < -0.3 is 10.1 Å². The third-order valence-electron chi connectivity index (χ3n) is 2.67. The molecule has 0 aliphatic carbocycles. The smallest absolute Gasteiger partial charge is 0.183 e. The highest BCUT2D eigenvalue weighted by Crippen LogP contribution is 2.18. The number of nitrogens with one attached hydrogen (secondary N) is 1. The van der Waals surface area contributed by atoms with E-state index in [9.17, 15) is 4.39 Å². The predicted molar refractivity (Wildman–Crippen MR) is 69.8 cm³/mol. The summed E-state index contributed by atoms with van der Waals surface area (Å²) in [6, 6.07) is 1.57. The summed E-state index contributed by atoms with van der Waals surface area (Å²) in [6.45, 7) is 2.67. The number of pyridine rings is 1. The number of ether oxygens (including phenoxy) is 1. The summed E-state index contributed by atoms with van der Waals surface area (Å²) in [4.78, 5) is 3.67. The van der Waals surface area contributed by atoms with Crippen molar-refractivity contribution in [3.8, 4) is 5.75 Å². The van der Waals surface area contributed by atoms with E-state index >= 15 is 0 Å². The Kier molecular flexibility index (Phi) is 8.21. The molecule has 3 nitrogen and oxygen atoms in total. The second-order valence-electron chi connectivity index (χ2n) is 3.81. The van der Waals surface area contributed by atoms with Crippen molar-refractivity contribution in [3.05, 3.63) is 24.3 Å². The lowest BCUT2D eigenvalue weighted by molar-refractivity contribution is 0.208. The first kappa shape index (κ1) is 16.4. The van der Waals surface area contributed by atoms with Crippen molar-refractivity contribution in [2.75, 3.05) is 19.7 Å². The lowest BCUT2D eigenvalue weighted by atomic mass is 9.99. The Morgan fingerprint density at radius 3 is 2.71 bits per heavy atom. The van der Waals surface area contributed by atoms with E-state index in [1.165, 1.54) is 6.20 Å². The van der Waals surface area contributed by atoms with Crippen LogP contribution in [0.2, 0.25) is 0 Å². The second-order valence-corrected chi connectivity index (χ2v) is 3.81. The molecule has 0 unspecified atom stereocenters. The maximum absolute atomic E-state index is 13.1. The first-order valence-corrected chi connectivity index (χ1v) is 5.29. The minimum absolute atomic E-state index is 0. The van der Waals surface area contributed by atoms with Crippen LogP contribution in [-0.4, -0.2) is 24.7 Å². The molecule has 6 heteroatoms. The summed E-state index contributed by atoms with van der Waals surface area (Å²) >= 11 is 0. The van der Waals surface area contributed by atoms with E-state index in [2.05, 4.69) is 10.3 Å². The van der Waals surface area contributed by atoms with Gasteiger partial charge in [0.15, 0.2) is 11.6 Å². The van der Waals surface area contributed by atoms with Gasteiger partial charge in [-0.15, -0.1) is 24.8 Å². The van der Waals surface area contributed by atoms with Gasteiger partial charge in [-0.1, -0.05) is 0 Å². The summed E-state index contributed by atoms with van der Waals surface area (Å²) in [5.74, 6) is 0.466. The van der Waals surface area contributed by atoms with Crippen molar-refractivity contribution in [3.63, 3.8) is 0 Å². The SMILES string of the molecule is Cl.Cl.Fc1cnccc1OCC1CCNCC1. The minimum atomic E-state index is -0.383. The fraction of sp³-hybridized carbons (Fsp3) is 0.545. The van der Waals surface area contributed by atoms with E-state index in [1.54, 1.807) is 12.3 Å². The average Bonchev–Trinajstić information content (AvgIpc) is 2.29. The van der Waals surface area contributed by atoms with Crippen LogP contribution < -0.4 is 10.1 Å². The van der Waals surface area contributed by atoms with E-state index in [0.717, 1.165) is 25.9 Å². The van der Waals surface area contributed by atoms with E-state index in [0.29, 0.717) is 18.3 Å². The van der Waals surface area contributed by atoms with Crippen molar-refractivity contribution >= 4 is 24.8 Å². The molecule has 0 aromatic carbocycles. The molecule has 1 aliphatic rings. The summed E-state index contributed by atoms with van der Waals surface area (Å²) in [5.41, 5.74) is 0. The Morgan fingerprint density at radius 2 is 2.06 bits per heavy atom. The van der Waals surface area contributed by atoms with Gasteiger partial charge in [0.05, 0.1) is 12.8 Å². The van der Waals surface area contributed by atoms with Crippen LogP contribution in [0.3, 0.4) is 0 Å². The van der Waals surface area contributed by atoms with Gasteiger partial charge in [-0.3, -0.25) is 4.98 Å². The van der Waals surface area contributed by atoms with Crippen LogP contribution >= 0.6 is 24.8 Å². The minimum Gasteiger partial charge on any atom is -0.490 e. The molecular weight excluding hydrogens is 266 g/mol. The summed E-state index contributed by atoms with van der Waals surface area (Å²) in [7, 11) is 0. The fourth-order valence-corrected chi connectivity index (χ4v) is 1.74. The van der Waals surface area contributed by atoms with E-state index < -0.39 is 0 Å². The van der Waals surface area contributed by atoms with Gasteiger partial charge >= 0.3 is 0 Å². The van der Waals surface area contributed by atoms with Crippen molar-refractivity contribution in [2.45, 2.75) is 12.8 Å². The normalized spacial score (nSPS) is 15.6. The lowest BCUT2D eigenvalue weighted by Gasteiger charge is -2.22. The zero-order valence-corrected chi connectivity index (χ0v) is 11.0. The van der Waals surface area contributed by atoms with Crippen molar-refractivity contribution < 1.29 is 9.13 Å². The topological polar surface area (TPSA) is 34.1 Å². The highest BCUT2D eigenvalue weighted by Gasteiger charge is 2.14.